The lowest BCUT2D eigenvalue weighted by Gasteiger charge is -2.17. The van der Waals surface area contributed by atoms with E-state index in [1.165, 1.54) is 18.3 Å². The third kappa shape index (κ3) is 3.24. The van der Waals surface area contributed by atoms with Crippen LogP contribution in [0.15, 0.2) is 36.5 Å². The quantitative estimate of drug-likeness (QED) is 0.635. The zero-order valence-electron chi connectivity index (χ0n) is 14.2. The maximum Gasteiger partial charge on any atom is 0.166 e. The first kappa shape index (κ1) is 16.5. The molecule has 0 amide bonds. The van der Waals surface area contributed by atoms with Gasteiger partial charge in [0.2, 0.25) is 0 Å². The first-order valence-corrected chi connectivity index (χ1v) is 8.47. The normalized spacial score (nSPS) is 17.1. The Hall–Kier alpha value is -2.96. The molecule has 3 aromatic rings. The van der Waals surface area contributed by atoms with Crippen LogP contribution in [-0.2, 0) is 6.54 Å². The molecule has 134 valence electrons. The topological polar surface area (TPSA) is 59.1 Å². The minimum absolute atomic E-state index is 0.0434. The first-order chi connectivity index (χ1) is 12.6. The molecule has 2 bridgehead atoms. The number of benzene rings is 1. The van der Waals surface area contributed by atoms with E-state index >= 15 is 0 Å². The van der Waals surface area contributed by atoms with Gasteiger partial charge in [0, 0.05) is 24.6 Å². The van der Waals surface area contributed by atoms with Gasteiger partial charge in [0.15, 0.2) is 5.82 Å². The zero-order chi connectivity index (χ0) is 18.1. The average Bonchev–Trinajstić information content (AvgIpc) is 2.64. The van der Waals surface area contributed by atoms with Crippen LogP contribution in [0.4, 0.5) is 20.3 Å². The van der Waals surface area contributed by atoms with Crippen LogP contribution >= 0.6 is 0 Å². The van der Waals surface area contributed by atoms with Crippen molar-refractivity contribution in [2.75, 3.05) is 17.2 Å². The predicted octanol–water partition coefficient (Wildman–Crippen LogP) is 4.10. The molecule has 1 aliphatic rings. The van der Waals surface area contributed by atoms with Gasteiger partial charge in [-0.05, 0) is 37.3 Å². The van der Waals surface area contributed by atoms with Crippen LogP contribution in [0, 0.1) is 11.6 Å². The Morgan fingerprint density at radius 3 is 2.96 bits per heavy atom. The number of anilines is 2. The van der Waals surface area contributed by atoms with Gasteiger partial charge in [-0.2, -0.15) is 0 Å². The molecular formula is C19H18F2N4O. The Morgan fingerprint density at radius 1 is 1.19 bits per heavy atom. The largest absolute Gasteiger partial charge is 0.493 e. The van der Waals surface area contributed by atoms with Crippen molar-refractivity contribution in [1.82, 2.24) is 9.97 Å². The molecule has 0 unspecified atom stereocenters. The van der Waals surface area contributed by atoms with Gasteiger partial charge < -0.3 is 15.4 Å². The van der Waals surface area contributed by atoms with E-state index in [2.05, 4.69) is 20.6 Å². The molecule has 1 aromatic carbocycles. The Kier molecular flexibility index (Phi) is 4.28. The third-order valence-electron chi connectivity index (χ3n) is 4.35. The number of ether oxygens (including phenoxy) is 1. The van der Waals surface area contributed by atoms with Crippen LogP contribution in [0.1, 0.15) is 18.9 Å². The number of pyridine rings is 2. The van der Waals surface area contributed by atoms with Gasteiger partial charge >= 0.3 is 0 Å². The molecule has 0 radical (unpaired) electrons. The Bertz CT molecular complexity index is 964. The molecule has 26 heavy (non-hydrogen) atoms. The second kappa shape index (κ2) is 6.74. The van der Waals surface area contributed by atoms with Crippen molar-refractivity contribution in [2.24, 2.45) is 0 Å². The minimum Gasteiger partial charge on any atom is -0.493 e. The van der Waals surface area contributed by atoms with Crippen LogP contribution in [0.3, 0.4) is 0 Å². The van der Waals surface area contributed by atoms with Gasteiger partial charge in [-0.15, -0.1) is 0 Å². The second-order valence-electron chi connectivity index (χ2n) is 6.33. The van der Waals surface area contributed by atoms with Crippen molar-refractivity contribution in [3.63, 3.8) is 0 Å². The highest BCUT2D eigenvalue weighted by atomic mass is 19.1. The van der Waals surface area contributed by atoms with Crippen LogP contribution in [0.25, 0.3) is 11.0 Å². The number of aromatic nitrogens is 2. The van der Waals surface area contributed by atoms with E-state index in [9.17, 15) is 8.78 Å². The van der Waals surface area contributed by atoms with Crippen molar-refractivity contribution in [3.05, 3.63) is 53.7 Å². The highest BCUT2D eigenvalue weighted by Crippen LogP contribution is 2.27. The fourth-order valence-corrected chi connectivity index (χ4v) is 2.96. The Balaban J connectivity index is 1.78. The molecule has 7 heteroatoms. The molecule has 0 aliphatic carbocycles. The van der Waals surface area contributed by atoms with Gasteiger partial charge in [-0.3, -0.25) is 4.98 Å². The fourth-order valence-electron chi connectivity index (χ4n) is 2.96. The zero-order valence-corrected chi connectivity index (χ0v) is 14.2. The Morgan fingerprint density at radius 2 is 2.08 bits per heavy atom. The van der Waals surface area contributed by atoms with E-state index in [-0.39, 0.29) is 11.9 Å². The molecular weight excluding hydrogens is 338 g/mol. The number of nitrogens with zero attached hydrogens (tertiary/aromatic N) is 2. The van der Waals surface area contributed by atoms with E-state index in [0.717, 1.165) is 0 Å². The maximum absolute atomic E-state index is 14.3. The number of hydrogen-bond donors (Lipinski definition) is 2. The molecule has 5 nitrogen and oxygen atoms in total. The van der Waals surface area contributed by atoms with Crippen molar-refractivity contribution < 1.29 is 13.5 Å². The lowest BCUT2D eigenvalue weighted by Crippen LogP contribution is -2.20. The predicted molar refractivity (Wildman–Crippen MR) is 96.4 cm³/mol. The fraction of sp³-hybridized carbons (Fsp3) is 0.263. The standard InChI is InChI=1S/C19H18F2N4O/c1-11-6-7-26-16-4-2-13(20)8-12(16)9-23-17-5-3-15-19(25-17)18(24-11)14(21)10-22-15/h2-5,8,10-11,24H,6-7,9H2,1H3,(H,23,25)/t11-/m1/s1. The van der Waals surface area contributed by atoms with Crippen LogP contribution in [-0.4, -0.2) is 22.6 Å². The van der Waals surface area contributed by atoms with E-state index < -0.39 is 5.82 Å². The molecule has 4 rings (SSSR count). The smallest absolute Gasteiger partial charge is 0.166 e. The summed E-state index contributed by atoms with van der Waals surface area (Å²) in [6.45, 7) is 2.71. The second-order valence-corrected chi connectivity index (χ2v) is 6.33. The Labute approximate surface area is 149 Å². The number of halogens is 2. The lowest BCUT2D eigenvalue weighted by atomic mass is 10.2. The summed E-state index contributed by atoms with van der Waals surface area (Å²) in [7, 11) is 0. The molecule has 0 spiro atoms. The summed E-state index contributed by atoms with van der Waals surface area (Å²) in [6.07, 6.45) is 1.84. The molecule has 0 saturated heterocycles. The first-order valence-electron chi connectivity index (χ1n) is 8.47. The molecule has 3 heterocycles. The number of fused-ring (bicyclic) bond motifs is 2. The number of hydrogen-bond acceptors (Lipinski definition) is 5. The van der Waals surface area contributed by atoms with Gasteiger partial charge in [-0.1, -0.05) is 0 Å². The lowest BCUT2D eigenvalue weighted by molar-refractivity contribution is 0.301. The van der Waals surface area contributed by atoms with Gasteiger partial charge in [0.05, 0.1) is 18.3 Å². The summed E-state index contributed by atoms with van der Waals surface area (Å²) in [5, 5.41) is 6.32. The van der Waals surface area contributed by atoms with E-state index in [1.54, 1.807) is 18.2 Å². The summed E-state index contributed by atoms with van der Waals surface area (Å²) in [4.78, 5) is 8.60. The van der Waals surface area contributed by atoms with Crippen LogP contribution < -0.4 is 15.4 Å². The average molecular weight is 356 g/mol. The van der Waals surface area contributed by atoms with Crippen LogP contribution in [0.2, 0.25) is 0 Å². The van der Waals surface area contributed by atoms with E-state index in [4.69, 9.17) is 4.74 Å². The SMILES string of the molecule is C[C@@H]1CCOc2ccc(F)cc2CNc2ccc3ncc(F)c(c3n2)N1. The number of nitrogens with one attached hydrogen (secondary N) is 2. The summed E-state index contributed by atoms with van der Waals surface area (Å²) in [6, 6.07) is 7.94. The molecule has 1 atom stereocenters. The summed E-state index contributed by atoms with van der Waals surface area (Å²) in [5.74, 6) is 0.399. The van der Waals surface area contributed by atoms with Gasteiger partial charge in [0.25, 0.3) is 0 Å². The highest BCUT2D eigenvalue weighted by Gasteiger charge is 2.15. The van der Waals surface area contributed by atoms with Crippen molar-refractivity contribution >= 4 is 22.5 Å². The van der Waals surface area contributed by atoms with Crippen molar-refractivity contribution in [3.8, 4) is 5.75 Å². The van der Waals surface area contributed by atoms with Crippen molar-refractivity contribution in [1.29, 1.82) is 0 Å². The number of rotatable bonds is 0. The minimum atomic E-state index is -0.449. The summed E-state index contributed by atoms with van der Waals surface area (Å²) < 4.78 is 33.8. The highest BCUT2D eigenvalue weighted by molar-refractivity contribution is 5.88. The van der Waals surface area contributed by atoms with Gasteiger partial charge in [-0.25, -0.2) is 13.8 Å². The molecule has 1 aliphatic heterocycles. The van der Waals surface area contributed by atoms with Gasteiger partial charge in [0.1, 0.15) is 28.6 Å². The molecule has 0 fully saturated rings. The van der Waals surface area contributed by atoms with E-state index in [1.807, 2.05) is 6.92 Å². The molecule has 0 saturated carbocycles. The molecule has 2 N–H and O–H groups in total. The third-order valence-corrected chi connectivity index (χ3v) is 4.35. The summed E-state index contributed by atoms with van der Waals surface area (Å²) in [5.41, 5.74) is 2.09. The van der Waals surface area contributed by atoms with E-state index in [0.29, 0.717) is 53.4 Å². The summed E-state index contributed by atoms with van der Waals surface area (Å²) >= 11 is 0. The monoisotopic (exact) mass is 356 g/mol. The van der Waals surface area contributed by atoms with Crippen molar-refractivity contribution in [2.45, 2.75) is 25.9 Å². The maximum atomic E-state index is 14.3. The molecule has 2 aromatic heterocycles. The van der Waals surface area contributed by atoms with Crippen LogP contribution in [0.5, 0.6) is 5.75 Å².